The monoisotopic (exact) mass is 467 g/mol. The second kappa shape index (κ2) is 11.3. The van der Waals surface area contributed by atoms with E-state index >= 15 is 0 Å². The number of benzene rings is 2. The maximum absolute atomic E-state index is 5.72. The Morgan fingerprint density at radius 3 is 2.67 bits per heavy atom. The third-order valence-corrected chi connectivity index (χ3v) is 6.48. The summed E-state index contributed by atoms with van der Waals surface area (Å²) in [5.41, 5.74) is 5.07. The van der Waals surface area contributed by atoms with Gasteiger partial charge < -0.3 is 20.3 Å². The SMILES string of the molecule is COc1cc2c(cc1CN[C@H]1CCCN[C@H]1c1ccccc1)N(C)C(=S)CC2.Cl.Cl. The first kappa shape index (κ1) is 24.9. The van der Waals surface area contributed by atoms with E-state index in [9.17, 15) is 0 Å². The molecule has 0 radical (unpaired) electrons. The zero-order chi connectivity index (χ0) is 19.5. The van der Waals surface area contributed by atoms with Crippen molar-refractivity contribution in [2.45, 2.75) is 44.3 Å². The number of thiocarbonyl (C=S) groups is 1. The number of nitrogens with one attached hydrogen (secondary N) is 2. The van der Waals surface area contributed by atoms with Crippen LogP contribution >= 0.6 is 37.0 Å². The van der Waals surface area contributed by atoms with Crippen LogP contribution in [0.2, 0.25) is 0 Å². The number of piperidine rings is 1. The molecular formula is C23H31Cl2N3OS. The van der Waals surface area contributed by atoms with Gasteiger partial charge in [0.1, 0.15) is 5.75 Å². The zero-order valence-electron chi connectivity index (χ0n) is 17.5. The Balaban J connectivity index is 0.00000160. The smallest absolute Gasteiger partial charge is 0.123 e. The van der Waals surface area contributed by atoms with Crippen LogP contribution < -0.4 is 20.3 Å². The minimum atomic E-state index is 0. The molecule has 30 heavy (non-hydrogen) atoms. The summed E-state index contributed by atoms with van der Waals surface area (Å²) in [5.74, 6) is 0.965. The van der Waals surface area contributed by atoms with E-state index in [2.05, 4.69) is 65.0 Å². The summed E-state index contributed by atoms with van der Waals surface area (Å²) in [5, 5.41) is 7.49. The summed E-state index contributed by atoms with van der Waals surface area (Å²) in [6.45, 7) is 1.86. The Kier molecular flexibility index (Phi) is 9.38. The maximum Gasteiger partial charge on any atom is 0.123 e. The molecule has 2 atom stereocenters. The van der Waals surface area contributed by atoms with Gasteiger partial charge in [0.15, 0.2) is 0 Å². The summed E-state index contributed by atoms with van der Waals surface area (Å²) in [6.07, 6.45) is 4.29. The maximum atomic E-state index is 5.72. The van der Waals surface area contributed by atoms with Crippen molar-refractivity contribution in [3.05, 3.63) is 59.2 Å². The van der Waals surface area contributed by atoms with Crippen LogP contribution in [0.3, 0.4) is 0 Å². The largest absolute Gasteiger partial charge is 0.496 e. The summed E-state index contributed by atoms with van der Waals surface area (Å²) in [7, 11) is 3.83. The third kappa shape index (κ3) is 5.27. The van der Waals surface area contributed by atoms with Gasteiger partial charge in [0.05, 0.1) is 12.1 Å². The van der Waals surface area contributed by atoms with Crippen molar-refractivity contribution >= 4 is 47.7 Å². The number of halogens is 2. The fourth-order valence-corrected chi connectivity index (χ4v) is 4.60. The number of rotatable bonds is 5. The number of methoxy groups -OCH3 is 1. The molecule has 0 aromatic heterocycles. The van der Waals surface area contributed by atoms with Crippen molar-refractivity contribution in [1.29, 1.82) is 0 Å². The number of hydrogen-bond acceptors (Lipinski definition) is 4. The predicted molar refractivity (Wildman–Crippen MR) is 134 cm³/mol. The molecule has 2 heterocycles. The van der Waals surface area contributed by atoms with Gasteiger partial charge in [-0.2, -0.15) is 0 Å². The number of nitrogens with zero attached hydrogens (tertiary/aromatic N) is 1. The van der Waals surface area contributed by atoms with Gasteiger partial charge in [-0.1, -0.05) is 42.5 Å². The van der Waals surface area contributed by atoms with Crippen molar-refractivity contribution in [3.63, 3.8) is 0 Å². The van der Waals surface area contributed by atoms with Crippen molar-refractivity contribution in [2.24, 2.45) is 0 Å². The van der Waals surface area contributed by atoms with Gasteiger partial charge in [-0.05, 0) is 49.1 Å². The molecule has 7 heteroatoms. The predicted octanol–water partition coefficient (Wildman–Crippen LogP) is 4.83. The van der Waals surface area contributed by atoms with Crippen LogP contribution in [0.25, 0.3) is 0 Å². The molecule has 2 aromatic rings. The molecule has 2 aliphatic rings. The summed E-state index contributed by atoms with van der Waals surface area (Å²) >= 11 is 5.52. The molecule has 2 N–H and O–H groups in total. The number of hydrogen-bond donors (Lipinski definition) is 2. The quantitative estimate of drug-likeness (QED) is 0.615. The summed E-state index contributed by atoms with van der Waals surface area (Å²) in [4.78, 5) is 3.16. The van der Waals surface area contributed by atoms with E-state index in [4.69, 9.17) is 17.0 Å². The van der Waals surface area contributed by atoms with Gasteiger partial charge in [0.2, 0.25) is 0 Å². The lowest BCUT2D eigenvalue weighted by Crippen LogP contribution is -2.45. The highest BCUT2D eigenvalue weighted by Gasteiger charge is 2.26. The van der Waals surface area contributed by atoms with Crippen LogP contribution in [0.4, 0.5) is 5.69 Å². The molecule has 0 spiro atoms. The third-order valence-electron chi connectivity index (χ3n) is 6.00. The van der Waals surface area contributed by atoms with Crippen LogP contribution in [0, 0.1) is 0 Å². The molecule has 0 amide bonds. The molecule has 4 nitrogen and oxygen atoms in total. The Hall–Kier alpha value is -1.37. The fourth-order valence-electron chi connectivity index (χ4n) is 4.40. The average molecular weight is 468 g/mol. The van der Waals surface area contributed by atoms with Crippen LogP contribution in [0.1, 0.15) is 42.0 Å². The molecule has 0 aliphatic carbocycles. The minimum Gasteiger partial charge on any atom is -0.496 e. The zero-order valence-corrected chi connectivity index (χ0v) is 20.0. The highest BCUT2D eigenvalue weighted by molar-refractivity contribution is 7.80. The standard InChI is InChI=1S/C23H29N3OS.2ClH/c1-26-20-13-18(21(27-2)14-17(20)10-11-22(26)28)15-25-19-9-6-12-24-23(19)16-7-4-3-5-8-16;;/h3-5,7-8,13-14,19,23-25H,6,9-12,15H2,1-2H3;2*1H/t19-,23-;;/m0../s1. The fraction of sp³-hybridized carbons (Fsp3) is 0.435. The van der Waals surface area contributed by atoms with Gasteiger partial charge in [0, 0.05) is 43.3 Å². The highest BCUT2D eigenvalue weighted by atomic mass is 35.5. The molecule has 0 saturated carbocycles. The Morgan fingerprint density at radius 1 is 1.17 bits per heavy atom. The van der Waals surface area contributed by atoms with E-state index in [-0.39, 0.29) is 24.8 Å². The summed E-state index contributed by atoms with van der Waals surface area (Å²) < 4.78 is 5.72. The van der Waals surface area contributed by atoms with E-state index in [1.165, 1.54) is 35.2 Å². The molecule has 2 aromatic carbocycles. The molecular weight excluding hydrogens is 437 g/mol. The molecule has 2 aliphatic heterocycles. The lowest BCUT2D eigenvalue weighted by molar-refractivity contribution is 0.303. The molecule has 0 bridgehead atoms. The number of anilines is 1. The molecule has 0 unspecified atom stereocenters. The molecule has 1 saturated heterocycles. The van der Waals surface area contributed by atoms with E-state index in [0.29, 0.717) is 12.1 Å². The van der Waals surface area contributed by atoms with Gasteiger partial charge >= 0.3 is 0 Å². The summed E-state index contributed by atoms with van der Waals surface area (Å²) in [6, 6.07) is 15.9. The molecule has 1 fully saturated rings. The van der Waals surface area contributed by atoms with E-state index in [1.807, 2.05) is 0 Å². The van der Waals surface area contributed by atoms with E-state index in [0.717, 1.165) is 36.7 Å². The van der Waals surface area contributed by atoms with Crippen LogP contribution in [0.5, 0.6) is 5.75 Å². The first-order valence-electron chi connectivity index (χ1n) is 10.2. The Morgan fingerprint density at radius 2 is 1.93 bits per heavy atom. The van der Waals surface area contributed by atoms with E-state index < -0.39 is 0 Å². The number of fused-ring (bicyclic) bond motifs is 1. The normalized spacial score (nSPS) is 20.6. The van der Waals surface area contributed by atoms with Crippen LogP contribution in [0.15, 0.2) is 42.5 Å². The number of ether oxygens (including phenoxy) is 1. The second-order valence-corrected chi connectivity index (χ2v) is 8.19. The van der Waals surface area contributed by atoms with Crippen molar-refractivity contribution in [1.82, 2.24) is 10.6 Å². The van der Waals surface area contributed by atoms with E-state index in [1.54, 1.807) is 7.11 Å². The lowest BCUT2D eigenvalue weighted by Gasteiger charge is -2.34. The van der Waals surface area contributed by atoms with Crippen molar-refractivity contribution in [2.75, 3.05) is 25.6 Å². The van der Waals surface area contributed by atoms with Gasteiger partial charge in [0.25, 0.3) is 0 Å². The highest BCUT2D eigenvalue weighted by Crippen LogP contribution is 2.34. The van der Waals surface area contributed by atoms with Crippen LogP contribution in [-0.2, 0) is 13.0 Å². The van der Waals surface area contributed by atoms with Gasteiger partial charge in [-0.3, -0.25) is 0 Å². The Labute approximate surface area is 197 Å². The average Bonchev–Trinajstić information content (AvgIpc) is 2.75. The van der Waals surface area contributed by atoms with Gasteiger partial charge in [-0.25, -0.2) is 0 Å². The first-order valence-corrected chi connectivity index (χ1v) is 10.6. The number of aryl methyl sites for hydroxylation is 1. The minimum absolute atomic E-state index is 0. The van der Waals surface area contributed by atoms with Crippen molar-refractivity contribution in [3.8, 4) is 5.75 Å². The molecule has 4 rings (SSSR count). The first-order chi connectivity index (χ1) is 13.7. The topological polar surface area (TPSA) is 36.5 Å². The lowest BCUT2D eigenvalue weighted by atomic mass is 9.92. The van der Waals surface area contributed by atoms with Crippen LogP contribution in [-0.4, -0.2) is 31.7 Å². The Bertz CT molecular complexity index is 850. The second-order valence-electron chi connectivity index (χ2n) is 7.72. The van der Waals surface area contributed by atoms with Crippen molar-refractivity contribution < 1.29 is 4.74 Å². The molecule has 164 valence electrons. The van der Waals surface area contributed by atoms with Gasteiger partial charge in [-0.15, -0.1) is 24.8 Å².